The third-order valence-corrected chi connectivity index (χ3v) is 2.78. The molecule has 1 aromatic heterocycles. The van der Waals surface area contributed by atoms with Gasteiger partial charge in [0, 0.05) is 13.3 Å². The molecule has 1 amide bonds. The summed E-state index contributed by atoms with van der Waals surface area (Å²) in [4.78, 5) is 29.4. The van der Waals surface area contributed by atoms with Crippen molar-refractivity contribution in [2.45, 2.75) is 25.8 Å². The van der Waals surface area contributed by atoms with Crippen LogP contribution in [-0.2, 0) is 16.0 Å². The normalized spacial score (nSPS) is 12.3. The quantitative estimate of drug-likeness (QED) is 0.750. The van der Waals surface area contributed by atoms with Crippen LogP contribution < -0.4 is 5.32 Å². The number of aromatic nitrogens is 2. The number of aliphatic carboxylic acids is 1. The van der Waals surface area contributed by atoms with Crippen LogP contribution in [0.2, 0.25) is 0 Å². The van der Waals surface area contributed by atoms with Crippen molar-refractivity contribution in [1.82, 2.24) is 15.3 Å². The molecular formula is C13H15N3O3. The van der Waals surface area contributed by atoms with Crippen molar-refractivity contribution < 1.29 is 14.7 Å². The average Bonchev–Trinajstić information content (AvgIpc) is 2.76. The number of nitrogens with one attached hydrogen (secondary N) is 2. The van der Waals surface area contributed by atoms with E-state index in [1.54, 1.807) is 0 Å². The van der Waals surface area contributed by atoms with E-state index in [0.717, 1.165) is 16.9 Å². The topological polar surface area (TPSA) is 95.1 Å². The Bertz CT molecular complexity index is 573. The molecule has 1 atom stereocenters. The first-order chi connectivity index (χ1) is 9.06. The summed E-state index contributed by atoms with van der Waals surface area (Å²) in [5.41, 5.74) is 1.77. The third kappa shape index (κ3) is 3.31. The molecule has 0 saturated heterocycles. The molecule has 1 aromatic carbocycles. The number of carbonyl (C=O) groups excluding carboxylic acids is 1. The Hall–Kier alpha value is -2.37. The summed E-state index contributed by atoms with van der Waals surface area (Å²) < 4.78 is 0. The van der Waals surface area contributed by atoms with Gasteiger partial charge < -0.3 is 15.4 Å². The zero-order valence-electron chi connectivity index (χ0n) is 10.5. The summed E-state index contributed by atoms with van der Waals surface area (Å²) in [5.74, 6) is -0.666. The highest BCUT2D eigenvalue weighted by Crippen LogP contribution is 2.12. The van der Waals surface area contributed by atoms with Crippen LogP contribution >= 0.6 is 0 Å². The van der Waals surface area contributed by atoms with Crippen molar-refractivity contribution in [3.63, 3.8) is 0 Å². The number of imidazole rings is 1. The molecule has 3 N–H and O–H groups in total. The molecule has 0 radical (unpaired) electrons. The van der Waals surface area contributed by atoms with Gasteiger partial charge in [0.1, 0.15) is 11.9 Å². The van der Waals surface area contributed by atoms with Gasteiger partial charge in [-0.05, 0) is 18.6 Å². The SMILES string of the molecule is CC(=O)NC(CCc1nc2ccccc2[nH]1)C(=O)O. The van der Waals surface area contributed by atoms with E-state index < -0.39 is 12.0 Å². The minimum absolute atomic E-state index is 0.300. The lowest BCUT2D eigenvalue weighted by Gasteiger charge is -2.11. The number of rotatable bonds is 5. The number of carbonyl (C=O) groups is 2. The maximum atomic E-state index is 11.0. The van der Waals surface area contributed by atoms with Crippen molar-refractivity contribution in [3.05, 3.63) is 30.1 Å². The van der Waals surface area contributed by atoms with E-state index in [-0.39, 0.29) is 5.91 Å². The highest BCUT2D eigenvalue weighted by molar-refractivity contribution is 5.82. The molecule has 0 aliphatic rings. The maximum absolute atomic E-state index is 11.0. The summed E-state index contributed by atoms with van der Waals surface area (Å²) in [6.07, 6.45) is 0.765. The zero-order valence-corrected chi connectivity index (χ0v) is 10.5. The molecule has 2 rings (SSSR count). The molecule has 6 heteroatoms. The van der Waals surface area contributed by atoms with Gasteiger partial charge in [-0.2, -0.15) is 0 Å². The first kappa shape index (κ1) is 13.1. The number of H-pyrrole nitrogens is 1. The average molecular weight is 261 g/mol. The Morgan fingerprint density at radius 1 is 1.42 bits per heavy atom. The zero-order chi connectivity index (χ0) is 13.8. The van der Waals surface area contributed by atoms with E-state index in [1.165, 1.54) is 6.92 Å². The fourth-order valence-electron chi connectivity index (χ4n) is 1.91. The van der Waals surface area contributed by atoms with Crippen LogP contribution in [0.1, 0.15) is 19.2 Å². The second-order valence-electron chi connectivity index (χ2n) is 4.33. The molecular weight excluding hydrogens is 246 g/mol. The van der Waals surface area contributed by atoms with Crippen molar-refractivity contribution in [3.8, 4) is 0 Å². The van der Waals surface area contributed by atoms with Gasteiger partial charge in [-0.15, -0.1) is 0 Å². The summed E-state index contributed by atoms with van der Waals surface area (Å²) in [5, 5.41) is 11.4. The molecule has 1 unspecified atom stereocenters. The number of amides is 1. The lowest BCUT2D eigenvalue weighted by Crippen LogP contribution is -2.39. The van der Waals surface area contributed by atoms with E-state index in [9.17, 15) is 9.59 Å². The molecule has 100 valence electrons. The van der Waals surface area contributed by atoms with Gasteiger partial charge in [-0.1, -0.05) is 12.1 Å². The van der Waals surface area contributed by atoms with Crippen LogP contribution in [0.25, 0.3) is 11.0 Å². The summed E-state index contributed by atoms with van der Waals surface area (Å²) in [6, 6.07) is 6.71. The van der Waals surface area contributed by atoms with Gasteiger partial charge in [-0.3, -0.25) is 4.79 Å². The largest absolute Gasteiger partial charge is 0.480 e. The molecule has 0 aliphatic heterocycles. The van der Waals surface area contributed by atoms with E-state index in [4.69, 9.17) is 5.11 Å². The predicted octanol–water partition coefficient (Wildman–Crippen LogP) is 1.08. The monoisotopic (exact) mass is 261 g/mol. The Labute approximate surface area is 109 Å². The van der Waals surface area contributed by atoms with Crippen molar-refractivity contribution >= 4 is 22.9 Å². The molecule has 0 fully saturated rings. The highest BCUT2D eigenvalue weighted by Gasteiger charge is 2.18. The number of hydrogen-bond donors (Lipinski definition) is 3. The number of carboxylic acid groups (broad SMARTS) is 1. The van der Waals surface area contributed by atoms with Crippen molar-refractivity contribution in [1.29, 1.82) is 0 Å². The van der Waals surface area contributed by atoms with Gasteiger partial charge in [0.15, 0.2) is 0 Å². The first-order valence-electron chi connectivity index (χ1n) is 6.00. The third-order valence-electron chi connectivity index (χ3n) is 2.78. The Kier molecular flexibility index (Phi) is 3.79. The van der Waals surface area contributed by atoms with Crippen molar-refractivity contribution in [2.24, 2.45) is 0 Å². The fourth-order valence-corrected chi connectivity index (χ4v) is 1.91. The van der Waals surface area contributed by atoms with Gasteiger partial charge >= 0.3 is 5.97 Å². The van der Waals surface area contributed by atoms with Gasteiger partial charge in [0.25, 0.3) is 0 Å². The molecule has 2 aromatic rings. The first-order valence-corrected chi connectivity index (χ1v) is 6.00. The number of aromatic amines is 1. The molecule has 0 bridgehead atoms. The van der Waals surface area contributed by atoms with Gasteiger partial charge in [-0.25, -0.2) is 9.78 Å². The van der Waals surface area contributed by atoms with E-state index >= 15 is 0 Å². The number of benzene rings is 1. The van der Waals surface area contributed by atoms with Crippen LogP contribution in [-0.4, -0.2) is 33.0 Å². The second kappa shape index (κ2) is 5.51. The number of fused-ring (bicyclic) bond motifs is 1. The summed E-state index contributed by atoms with van der Waals surface area (Å²) in [6.45, 7) is 1.30. The summed E-state index contributed by atoms with van der Waals surface area (Å²) >= 11 is 0. The number of para-hydroxylation sites is 2. The van der Waals surface area contributed by atoms with Gasteiger partial charge in [0.2, 0.25) is 5.91 Å². The molecule has 1 heterocycles. The van der Waals surface area contributed by atoms with Gasteiger partial charge in [0.05, 0.1) is 11.0 Å². The second-order valence-corrected chi connectivity index (χ2v) is 4.33. The van der Waals surface area contributed by atoms with Crippen LogP contribution in [0.3, 0.4) is 0 Å². The minimum Gasteiger partial charge on any atom is -0.480 e. The smallest absolute Gasteiger partial charge is 0.326 e. The van der Waals surface area contributed by atoms with E-state index in [2.05, 4.69) is 15.3 Å². The number of carboxylic acids is 1. The van der Waals surface area contributed by atoms with E-state index in [0.29, 0.717) is 12.8 Å². The van der Waals surface area contributed by atoms with Crippen molar-refractivity contribution in [2.75, 3.05) is 0 Å². The molecule has 6 nitrogen and oxygen atoms in total. The fraction of sp³-hybridized carbons (Fsp3) is 0.308. The Balaban J connectivity index is 2.03. The lowest BCUT2D eigenvalue weighted by molar-refractivity contribution is -0.141. The predicted molar refractivity (Wildman–Crippen MR) is 69.7 cm³/mol. The van der Waals surface area contributed by atoms with Crippen LogP contribution in [0.5, 0.6) is 0 Å². The minimum atomic E-state index is -1.04. The van der Waals surface area contributed by atoms with E-state index in [1.807, 2.05) is 24.3 Å². The summed E-state index contributed by atoms with van der Waals surface area (Å²) in [7, 11) is 0. The van der Waals surface area contributed by atoms with Crippen LogP contribution in [0.4, 0.5) is 0 Å². The Morgan fingerprint density at radius 3 is 2.79 bits per heavy atom. The standard InChI is InChI=1S/C13H15N3O3/c1-8(17)14-11(13(18)19)6-7-12-15-9-4-2-3-5-10(9)16-12/h2-5,11H,6-7H2,1H3,(H,14,17)(H,15,16)(H,18,19). The maximum Gasteiger partial charge on any atom is 0.326 e. The number of aryl methyl sites for hydroxylation is 1. The molecule has 19 heavy (non-hydrogen) atoms. The van der Waals surface area contributed by atoms with Crippen LogP contribution in [0, 0.1) is 0 Å². The molecule has 0 spiro atoms. The lowest BCUT2D eigenvalue weighted by atomic mass is 10.1. The Morgan fingerprint density at radius 2 is 2.16 bits per heavy atom. The molecule has 0 saturated carbocycles. The van der Waals surface area contributed by atoms with Crippen LogP contribution in [0.15, 0.2) is 24.3 Å². The molecule has 0 aliphatic carbocycles. The highest BCUT2D eigenvalue weighted by atomic mass is 16.4. The number of hydrogen-bond acceptors (Lipinski definition) is 3. The number of nitrogens with zero attached hydrogens (tertiary/aromatic N) is 1.